The van der Waals surface area contributed by atoms with Crippen LogP contribution in [0.25, 0.3) is 0 Å². The summed E-state index contributed by atoms with van der Waals surface area (Å²) >= 11 is 0. The van der Waals surface area contributed by atoms with Crippen molar-refractivity contribution in [3.63, 3.8) is 0 Å². The van der Waals surface area contributed by atoms with Gasteiger partial charge in [0.05, 0.1) is 11.0 Å². The number of nitro benzene ring substituents is 1. The topological polar surface area (TPSA) is 77.1 Å². The Labute approximate surface area is 139 Å². The Balaban J connectivity index is 2.00. The van der Waals surface area contributed by atoms with Crippen LogP contribution in [-0.4, -0.2) is 26.2 Å². The lowest BCUT2D eigenvalue weighted by Gasteiger charge is -2.26. The van der Waals surface area contributed by atoms with E-state index in [-0.39, 0.29) is 6.04 Å². The van der Waals surface area contributed by atoms with Crippen LogP contribution in [0.4, 0.5) is 15.8 Å². The monoisotopic (exact) mass is 333 g/mol. The standard InChI is InChI=1S/C16H20FN5O2/c1-11(2)9-20-10-18-19-16(20)14-7-4-8-21(14)13-6-3-5-12(17)15(13)22(23)24/h3,5-6,10-11,14H,4,7-9H2,1-2H3. The fourth-order valence-electron chi connectivity index (χ4n) is 3.30. The van der Waals surface area contributed by atoms with Crippen molar-refractivity contribution in [2.24, 2.45) is 5.92 Å². The van der Waals surface area contributed by atoms with Gasteiger partial charge >= 0.3 is 5.69 Å². The first-order valence-electron chi connectivity index (χ1n) is 8.06. The molecule has 8 heteroatoms. The maximum atomic E-state index is 14.0. The normalized spacial score (nSPS) is 17.7. The largest absolute Gasteiger partial charge is 0.356 e. The van der Waals surface area contributed by atoms with E-state index in [9.17, 15) is 14.5 Å². The second-order valence-corrected chi connectivity index (χ2v) is 6.45. The molecule has 0 aliphatic carbocycles. The highest BCUT2D eigenvalue weighted by molar-refractivity contribution is 5.65. The Morgan fingerprint density at radius 1 is 1.46 bits per heavy atom. The van der Waals surface area contributed by atoms with Crippen molar-refractivity contribution < 1.29 is 9.31 Å². The number of nitro groups is 1. The number of aromatic nitrogens is 3. The maximum Gasteiger partial charge on any atom is 0.327 e. The first-order valence-corrected chi connectivity index (χ1v) is 8.06. The van der Waals surface area contributed by atoms with Crippen LogP contribution in [0, 0.1) is 21.8 Å². The molecule has 2 aromatic rings. The minimum absolute atomic E-state index is 0.133. The Hall–Kier alpha value is -2.51. The van der Waals surface area contributed by atoms with Gasteiger partial charge in [-0.25, -0.2) is 0 Å². The number of halogens is 1. The van der Waals surface area contributed by atoms with Crippen molar-refractivity contribution in [3.05, 3.63) is 46.3 Å². The quantitative estimate of drug-likeness (QED) is 0.619. The van der Waals surface area contributed by atoms with Gasteiger partial charge in [0.25, 0.3) is 0 Å². The van der Waals surface area contributed by atoms with Crippen molar-refractivity contribution in [3.8, 4) is 0 Å². The highest BCUT2D eigenvalue weighted by Gasteiger charge is 2.35. The predicted molar refractivity (Wildman–Crippen MR) is 87.2 cm³/mol. The predicted octanol–water partition coefficient (Wildman–Crippen LogP) is 3.32. The minimum atomic E-state index is -0.813. The molecule has 0 saturated carbocycles. The lowest BCUT2D eigenvalue weighted by Crippen LogP contribution is -2.26. The Morgan fingerprint density at radius 3 is 2.96 bits per heavy atom. The maximum absolute atomic E-state index is 14.0. The van der Waals surface area contributed by atoms with E-state index in [0.29, 0.717) is 18.2 Å². The summed E-state index contributed by atoms with van der Waals surface area (Å²) in [6.07, 6.45) is 3.36. The number of benzene rings is 1. The molecule has 3 rings (SSSR count). The van der Waals surface area contributed by atoms with Crippen LogP contribution in [0.15, 0.2) is 24.5 Å². The van der Waals surface area contributed by atoms with Gasteiger partial charge < -0.3 is 9.47 Å². The molecule has 1 unspecified atom stereocenters. The second kappa shape index (κ2) is 6.54. The molecule has 0 amide bonds. The highest BCUT2D eigenvalue weighted by atomic mass is 19.1. The SMILES string of the molecule is CC(C)Cn1cnnc1C1CCCN1c1cccc(F)c1[N+](=O)[O-]. The minimum Gasteiger partial charge on any atom is -0.356 e. The van der Waals surface area contributed by atoms with E-state index >= 15 is 0 Å². The lowest BCUT2D eigenvalue weighted by atomic mass is 10.1. The Bertz CT molecular complexity index is 746. The molecule has 2 heterocycles. The zero-order chi connectivity index (χ0) is 17.3. The molecular formula is C16H20FN5O2. The van der Waals surface area contributed by atoms with Crippen LogP contribution in [0.2, 0.25) is 0 Å². The van der Waals surface area contributed by atoms with E-state index in [1.165, 1.54) is 6.07 Å². The molecule has 1 atom stereocenters. The van der Waals surface area contributed by atoms with Gasteiger partial charge in [-0.3, -0.25) is 10.1 Å². The molecule has 0 radical (unpaired) electrons. The van der Waals surface area contributed by atoms with Gasteiger partial charge in [-0.15, -0.1) is 10.2 Å². The summed E-state index contributed by atoms with van der Waals surface area (Å²) in [7, 11) is 0. The Kier molecular flexibility index (Phi) is 4.46. The molecular weight excluding hydrogens is 313 g/mol. The third kappa shape index (κ3) is 2.95. The number of nitrogens with zero attached hydrogens (tertiary/aromatic N) is 5. The number of rotatable bonds is 5. The van der Waals surface area contributed by atoms with Crippen LogP contribution in [0.3, 0.4) is 0 Å². The Morgan fingerprint density at radius 2 is 2.25 bits per heavy atom. The van der Waals surface area contributed by atoms with Crippen molar-refractivity contribution in [2.45, 2.75) is 39.3 Å². The fraction of sp³-hybridized carbons (Fsp3) is 0.500. The average Bonchev–Trinajstić information content (AvgIpc) is 3.14. The van der Waals surface area contributed by atoms with Crippen molar-refractivity contribution in [2.75, 3.05) is 11.4 Å². The van der Waals surface area contributed by atoms with Crippen molar-refractivity contribution >= 4 is 11.4 Å². The summed E-state index contributed by atoms with van der Waals surface area (Å²) < 4.78 is 16.0. The van der Waals surface area contributed by atoms with E-state index in [1.54, 1.807) is 12.4 Å². The van der Waals surface area contributed by atoms with Gasteiger partial charge in [-0.05, 0) is 30.9 Å². The molecule has 1 aliphatic heterocycles. The number of hydrogen-bond donors (Lipinski definition) is 0. The van der Waals surface area contributed by atoms with Crippen LogP contribution >= 0.6 is 0 Å². The number of anilines is 1. The summed E-state index contributed by atoms with van der Waals surface area (Å²) in [5.74, 6) is 0.393. The molecule has 0 bridgehead atoms. The third-order valence-electron chi connectivity index (χ3n) is 4.22. The van der Waals surface area contributed by atoms with E-state index in [0.717, 1.165) is 31.3 Å². The van der Waals surface area contributed by atoms with Crippen molar-refractivity contribution in [1.29, 1.82) is 0 Å². The van der Waals surface area contributed by atoms with E-state index in [2.05, 4.69) is 24.0 Å². The van der Waals surface area contributed by atoms with Crippen LogP contribution in [0.5, 0.6) is 0 Å². The molecule has 7 nitrogen and oxygen atoms in total. The van der Waals surface area contributed by atoms with Gasteiger partial charge in [0.2, 0.25) is 5.82 Å². The fourth-order valence-corrected chi connectivity index (χ4v) is 3.30. The molecule has 24 heavy (non-hydrogen) atoms. The third-order valence-corrected chi connectivity index (χ3v) is 4.22. The van der Waals surface area contributed by atoms with Gasteiger partial charge in [0, 0.05) is 13.1 Å². The zero-order valence-electron chi connectivity index (χ0n) is 13.7. The van der Waals surface area contributed by atoms with E-state index < -0.39 is 16.4 Å². The van der Waals surface area contributed by atoms with Crippen LogP contribution in [-0.2, 0) is 6.54 Å². The molecule has 1 fully saturated rings. The molecule has 0 spiro atoms. The molecule has 128 valence electrons. The van der Waals surface area contributed by atoms with Gasteiger partial charge in [0.1, 0.15) is 12.0 Å². The summed E-state index contributed by atoms with van der Waals surface area (Å²) in [6.45, 7) is 5.61. The van der Waals surface area contributed by atoms with Gasteiger partial charge in [0.15, 0.2) is 5.82 Å². The average molecular weight is 333 g/mol. The second-order valence-electron chi connectivity index (χ2n) is 6.45. The van der Waals surface area contributed by atoms with Crippen molar-refractivity contribution in [1.82, 2.24) is 14.8 Å². The van der Waals surface area contributed by atoms with E-state index in [1.807, 2.05) is 9.47 Å². The van der Waals surface area contributed by atoms with Crippen LogP contribution in [0.1, 0.15) is 38.6 Å². The number of hydrogen-bond acceptors (Lipinski definition) is 5. The molecule has 1 aromatic carbocycles. The molecule has 1 aliphatic rings. The zero-order valence-corrected chi connectivity index (χ0v) is 13.7. The lowest BCUT2D eigenvalue weighted by molar-refractivity contribution is -0.386. The van der Waals surface area contributed by atoms with E-state index in [4.69, 9.17) is 0 Å². The van der Waals surface area contributed by atoms with Gasteiger partial charge in [-0.2, -0.15) is 4.39 Å². The first kappa shape index (κ1) is 16.4. The summed E-state index contributed by atoms with van der Waals surface area (Å²) in [6, 6.07) is 4.09. The summed E-state index contributed by atoms with van der Waals surface area (Å²) in [5.41, 5.74) is -0.166. The molecule has 1 aromatic heterocycles. The summed E-state index contributed by atoms with van der Waals surface area (Å²) in [5, 5.41) is 19.5. The first-order chi connectivity index (χ1) is 11.5. The number of para-hydroxylation sites is 1. The van der Waals surface area contributed by atoms with Crippen LogP contribution < -0.4 is 4.90 Å². The molecule has 1 saturated heterocycles. The van der Waals surface area contributed by atoms with Gasteiger partial charge in [-0.1, -0.05) is 19.9 Å². The summed E-state index contributed by atoms with van der Waals surface area (Å²) in [4.78, 5) is 12.5. The highest BCUT2D eigenvalue weighted by Crippen LogP contribution is 2.40. The molecule has 0 N–H and O–H groups in total. The smallest absolute Gasteiger partial charge is 0.327 e.